The molecule has 0 saturated carbocycles. The maximum atomic E-state index is 6.70. The van der Waals surface area contributed by atoms with Crippen molar-refractivity contribution in [2.45, 2.75) is 50.9 Å². The van der Waals surface area contributed by atoms with E-state index < -0.39 is 0 Å². The first-order valence-electron chi connectivity index (χ1n) is 7.18. The van der Waals surface area contributed by atoms with Gasteiger partial charge in [-0.3, -0.25) is 5.32 Å². The van der Waals surface area contributed by atoms with Crippen molar-refractivity contribution in [1.82, 2.24) is 5.32 Å². The molecular weight excluding hydrogens is 246 g/mol. The van der Waals surface area contributed by atoms with Gasteiger partial charge in [0.1, 0.15) is 11.3 Å². The highest BCUT2D eigenvalue weighted by Gasteiger charge is 2.56. The maximum absolute atomic E-state index is 6.70. The Morgan fingerprint density at radius 1 is 1.17 bits per heavy atom. The molecule has 3 nitrogen and oxygen atoms in total. The zero-order valence-corrected chi connectivity index (χ0v) is 12.4. The predicted molar refractivity (Wildman–Crippen MR) is 74.9 cm³/mol. The third kappa shape index (κ3) is 2.11. The summed E-state index contributed by atoms with van der Waals surface area (Å²) in [6.45, 7) is 7.34. The molecule has 18 heavy (non-hydrogen) atoms. The van der Waals surface area contributed by atoms with Gasteiger partial charge in [-0.05, 0) is 31.4 Å². The second-order valence-electron chi connectivity index (χ2n) is 6.64. The molecule has 3 rings (SSSR count). The molecule has 0 aliphatic carbocycles. The van der Waals surface area contributed by atoms with Crippen molar-refractivity contribution in [3.8, 4) is 0 Å². The number of hydrogen-bond donors (Lipinski definition) is 1. The topological polar surface area (TPSA) is 30.5 Å². The van der Waals surface area contributed by atoms with Crippen LogP contribution in [0.2, 0.25) is 0 Å². The first kappa shape index (κ1) is 13.2. The lowest BCUT2D eigenvalue weighted by molar-refractivity contribution is -0.277. The lowest BCUT2D eigenvalue weighted by Crippen LogP contribution is -2.71. The second kappa shape index (κ2) is 4.65. The molecular formula is C14H25NO2S. The summed E-state index contributed by atoms with van der Waals surface area (Å²) >= 11 is 2.02. The molecule has 3 aliphatic rings. The number of ether oxygens (including phenoxy) is 2. The van der Waals surface area contributed by atoms with Gasteiger partial charge >= 0.3 is 0 Å². The van der Waals surface area contributed by atoms with Crippen LogP contribution in [0.5, 0.6) is 0 Å². The summed E-state index contributed by atoms with van der Waals surface area (Å²) < 4.78 is 12.5. The van der Waals surface area contributed by atoms with Crippen LogP contribution in [0.15, 0.2) is 0 Å². The molecule has 3 heterocycles. The molecule has 0 radical (unpaired) electrons. The van der Waals surface area contributed by atoms with Gasteiger partial charge in [0.2, 0.25) is 0 Å². The SMILES string of the molecule is CC1(C)CNC2(CCCSC2)OC12CCCOC2. The Morgan fingerprint density at radius 2 is 2.06 bits per heavy atom. The van der Waals surface area contributed by atoms with E-state index in [1.807, 2.05) is 11.8 Å². The van der Waals surface area contributed by atoms with Gasteiger partial charge in [0, 0.05) is 24.3 Å². The zero-order valence-electron chi connectivity index (χ0n) is 11.6. The van der Waals surface area contributed by atoms with E-state index in [-0.39, 0.29) is 16.7 Å². The maximum Gasteiger partial charge on any atom is 0.129 e. The van der Waals surface area contributed by atoms with Crippen LogP contribution in [-0.4, -0.2) is 42.6 Å². The third-order valence-corrected chi connectivity index (χ3v) is 6.13. The van der Waals surface area contributed by atoms with Gasteiger partial charge in [-0.25, -0.2) is 0 Å². The van der Waals surface area contributed by atoms with Crippen LogP contribution in [0.25, 0.3) is 0 Å². The minimum absolute atomic E-state index is 0.0750. The molecule has 0 amide bonds. The molecule has 2 spiro atoms. The second-order valence-corrected chi connectivity index (χ2v) is 7.75. The van der Waals surface area contributed by atoms with E-state index in [1.165, 1.54) is 12.2 Å². The quantitative estimate of drug-likeness (QED) is 0.733. The largest absolute Gasteiger partial charge is 0.378 e. The van der Waals surface area contributed by atoms with Crippen molar-refractivity contribution in [1.29, 1.82) is 0 Å². The minimum atomic E-state index is -0.0842. The van der Waals surface area contributed by atoms with Crippen LogP contribution < -0.4 is 5.32 Å². The number of rotatable bonds is 0. The highest BCUT2D eigenvalue weighted by molar-refractivity contribution is 7.99. The molecule has 0 bridgehead atoms. The van der Waals surface area contributed by atoms with Crippen LogP contribution in [0.3, 0.4) is 0 Å². The van der Waals surface area contributed by atoms with Crippen molar-refractivity contribution in [3.05, 3.63) is 0 Å². The van der Waals surface area contributed by atoms with Crippen LogP contribution in [-0.2, 0) is 9.47 Å². The Hall–Kier alpha value is 0.230. The van der Waals surface area contributed by atoms with Crippen LogP contribution in [0, 0.1) is 5.41 Å². The first-order valence-corrected chi connectivity index (χ1v) is 8.34. The molecule has 3 aliphatic heterocycles. The molecule has 2 unspecified atom stereocenters. The van der Waals surface area contributed by atoms with E-state index in [0.29, 0.717) is 0 Å². The highest BCUT2D eigenvalue weighted by atomic mass is 32.2. The van der Waals surface area contributed by atoms with E-state index in [4.69, 9.17) is 9.47 Å². The van der Waals surface area contributed by atoms with Crippen LogP contribution in [0.1, 0.15) is 39.5 Å². The van der Waals surface area contributed by atoms with E-state index in [1.54, 1.807) is 0 Å². The molecule has 1 N–H and O–H groups in total. The zero-order chi connectivity index (χ0) is 12.7. The summed E-state index contributed by atoms with van der Waals surface area (Å²) in [5, 5.41) is 3.70. The summed E-state index contributed by atoms with van der Waals surface area (Å²) in [4.78, 5) is 0. The lowest BCUT2D eigenvalue weighted by atomic mass is 9.69. The molecule has 3 saturated heterocycles. The van der Waals surface area contributed by atoms with Crippen molar-refractivity contribution in [2.75, 3.05) is 31.3 Å². The fourth-order valence-corrected chi connectivity index (χ4v) is 4.59. The Morgan fingerprint density at radius 3 is 2.72 bits per heavy atom. The fourth-order valence-electron chi connectivity index (χ4n) is 3.46. The molecule has 0 aromatic heterocycles. The number of nitrogens with one attached hydrogen (secondary N) is 1. The van der Waals surface area contributed by atoms with Gasteiger partial charge in [0.05, 0.1) is 6.61 Å². The Labute approximate surface area is 114 Å². The van der Waals surface area contributed by atoms with Crippen molar-refractivity contribution < 1.29 is 9.47 Å². The number of hydrogen-bond acceptors (Lipinski definition) is 4. The van der Waals surface area contributed by atoms with Gasteiger partial charge in [-0.1, -0.05) is 13.8 Å². The lowest BCUT2D eigenvalue weighted by Gasteiger charge is -2.59. The van der Waals surface area contributed by atoms with Gasteiger partial charge in [-0.15, -0.1) is 0 Å². The average Bonchev–Trinajstić information content (AvgIpc) is 2.38. The summed E-state index contributed by atoms with van der Waals surface area (Å²) in [6, 6.07) is 0. The Balaban J connectivity index is 1.84. The van der Waals surface area contributed by atoms with Gasteiger partial charge in [0.25, 0.3) is 0 Å². The highest BCUT2D eigenvalue weighted by Crippen LogP contribution is 2.47. The first-order chi connectivity index (χ1) is 8.58. The molecule has 4 heteroatoms. The summed E-state index contributed by atoms with van der Waals surface area (Å²) in [5.41, 5.74) is -0.00563. The average molecular weight is 271 g/mol. The van der Waals surface area contributed by atoms with Gasteiger partial charge < -0.3 is 9.47 Å². The van der Waals surface area contributed by atoms with Crippen molar-refractivity contribution in [3.63, 3.8) is 0 Å². The van der Waals surface area contributed by atoms with Crippen molar-refractivity contribution >= 4 is 11.8 Å². The third-order valence-electron chi connectivity index (χ3n) is 4.89. The molecule has 0 aromatic carbocycles. The summed E-state index contributed by atoms with van der Waals surface area (Å²) in [5.74, 6) is 2.37. The fraction of sp³-hybridized carbons (Fsp3) is 1.00. The minimum Gasteiger partial charge on any atom is -0.378 e. The smallest absolute Gasteiger partial charge is 0.129 e. The normalized spacial score (nSPS) is 44.3. The van der Waals surface area contributed by atoms with Gasteiger partial charge in [-0.2, -0.15) is 11.8 Å². The summed E-state index contributed by atoms with van der Waals surface area (Å²) in [6.07, 6.45) is 4.69. The molecule has 2 atom stereocenters. The number of thioether (sulfide) groups is 1. The van der Waals surface area contributed by atoms with Crippen LogP contribution >= 0.6 is 11.8 Å². The Bertz CT molecular complexity index is 307. The summed E-state index contributed by atoms with van der Waals surface area (Å²) in [7, 11) is 0. The molecule has 3 fully saturated rings. The molecule has 104 valence electrons. The van der Waals surface area contributed by atoms with E-state index in [2.05, 4.69) is 19.2 Å². The van der Waals surface area contributed by atoms with E-state index in [9.17, 15) is 0 Å². The van der Waals surface area contributed by atoms with Crippen molar-refractivity contribution in [2.24, 2.45) is 5.41 Å². The van der Waals surface area contributed by atoms with E-state index in [0.717, 1.165) is 44.8 Å². The standard InChI is InChI=1S/C14H25NO2S/c1-12(2)9-15-14(6-4-8-18-11-14)17-13(12)5-3-7-16-10-13/h15H,3-11H2,1-2H3. The van der Waals surface area contributed by atoms with Crippen LogP contribution in [0.4, 0.5) is 0 Å². The Kier molecular flexibility index (Phi) is 3.42. The molecule has 0 aromatic rings. The monoisotopic (exact) mass is 271 g/mol. The predicted octanol–water partition coefficient (Wildman–Crippen LogP) is 2.40. The van der Waals surface area contributed by atoms with E-state index >= 15 is 0 Å². The van der Waals surface area contributed by atoms with Gasteiger partial charge in [0.15, 0.2) is 0 Å².